The maximum Gasteiger partial charge on any atom is 0.321 e. The third kappa shape index (κ3) is 2.41. The van der Waals surface area contributed by atoms with Crippen molar-refractivity contribution >= 4 is 15.8 Å². The molecule has 1 aliphatic rings. The normalized spacial score (nSPS) is 24.0. The Morgan fingerprint density at radius 2 is 1.94 bits per heavy atom. The maximum atomic E-state index is 12.0. The number of rotatable bonds is 3. The van der Waals surface area contributed by atoms with Crippen LogP contribution in [0.4, 0.5) is 0 Å². The first-order chi connectivity index (χ1) is 8.00. The minimum Gasteiger partial charge on any atom is -0.391 e. The number of para-hydroxylation sites is 1. The Balaban J connectivity index is 2.23. The summed E-state index contributed by atoms with van der Waals surface area (Å²) in [4.78, 5) is 4.93. The molecule has 1 aromatic rings. The highest BCUT2D eigenvalue weighted by molar-refractivity contribution is 7.88. The zero-order chi connectivity index (χ0) is 12.5. The largest absolute Gasteiger partial charge is 0.391 e. The monoisotopic (exact) mass is 255 g/mol. The van der Waals surface area contributed by atoms with Gasteiger partial charge in [-0.1, -0.05) is 23.4 Å². The number of oxime groups is 1. The van der Waals surface area contributed by atoms with Crippen molar-refractivity contribution in [1.29, 1.82) is 0 Å². The molecule has 0 aliphatic carbocycles. The van der Waals surface area contributed by atoms with Crippen LogP contribution < -0.4 is 4.18 Å². The molecule has 92 valence electrons. The van der Waals surface area contributed by atoms with E-state index in [1.165, 1.54) is 0 Å². The van der Waals surface area contributed by atoms with E-state index in [9.17, 15) is 8.42 Å². The van der Waals surface area contributed by atoms with Gasteiger partial charge in [-0.05, 0) is 26.0 Å². The first-order valence-corrected chi connectivity index (χ1v) is 6.66. The molecule has 0 fully saturated rings. The lowest BCUT2D eigenvalue weighted by atomic mass is 10.2. The molecule has 0 saturated heterocycles. The molecule has 1 aliphatic heterocycles. The van der Waals surface area contributed by atoms with Crippen molar-refractivity contribution in [3.8, 4) is 5.75 Å². The molecule has 0 unspecified atom stereocenters. The second kappa shape index (κ2) is 4.37. The SMILES string of the molecule is CC1=NO[C@@H](C)[C@@H]1S(=O)(=O)Oc1ccccc1. The molecular formula is C11H13NO4S. The van der Waals surface area contributed by atoms with Crippen LogP contribution in [0.3, 0.4) is 0 Å². The van der Waals surface area contributed by atoms with Gasteiger partial charge < -0.3 is 9.02 Å². The van der Waals surface area contributed by atoms with E-state index in [2.05, 4.69) is 5.16 Å². The Bertz CT molecular complexity index is 524. The van der Waals surface area contributed by atoms with E-state index in [0.717, 1.165) is 0 Å². The van der Waals surface area contributed by atoms with Gasteiger partial charge in [0.25, 0.3) is 0 Å². The van der Waals surface area contributed by atoms with E-state index in [1.54, 1.807) is 44.2 Å². The molecule has 0 amide bonds. The Morgan fingerprint density at radius 3 is 2.47 bits per heavy atom. The highest BCUT2D eigenvalue weighted by atomic mass is 32.2. The highest BCUT2D eigenvalue weighted by Gasteiger charge is 2.41. The zero-order valence-corrected chi connectivity index (χ0v) is 10.3. The van der Waals surface area contributed by atoms with Crippen molar-refractivity contribution < 1.29 is 17.4 Å². The number of hydrogen-bond acceptors (Lipinski definition) is 5. The van der Waals surface area contributed by atoms with Gasteiger partial charge in [-0.3, -0.25) is 0 Å². The average Bonchev–Trinajstić information content (AvgIpc) is 2.59. The van der Waals surface area contributed by atoms with Gasteiger partial charge in [0, 0.05) is 0 Å². The summed E-state index contributed by atoms with van der Waals surface area (Å²) in [5.41, 5.74) is 0.411. The van der Waals surface area contributed by atoms with Crippen LogP contribution in [0.15, 0.2) is 35.5 Å². The van der Waals surface area contributed by atoms with Crippen LogP contribution in [0.1, 0.15) is 13.8 Å². The molecule has 1 aromatic carbocycles. The van der Waals surface area contributed by atoms with Gasteiger partial charge in [0.2, 0.25) is 0 Å². The lowest BCUT2D eigenvalue weighted by Crippen LogP contribution is -2.37. The van der Waals surface area contributed by atoms with Crippen molar-refractivity contribution in [2.75, 3.05) is 0 Å². The van der Waals surface area contributed by atoms with Crippen LogP contribution in [0.2, 0.25) is 0 Å². The zero-order valence-electron chi connectivity index (χ0n) is 9.53. The Labute approximate surface area is 100 Å². The topological polar surface area (TPSA) is 65.0 Å². The Kier molecular flexibility index (Phi) is 3.06. The standard InChI is InChI=1S/C11H13NO4S/c1-8-11(9(2)15-12-8)17(13,14)16-10-6-4-3-5-7-10/h3-7,9,11H,1-2H3/t9-,11+/m0/s1. The molecular weight excluding hydrogens is 242 g/mol. The summed E-state index contributed by atoms with van der Waals surface area (Å²) in [5.74, 6) is 0.291. The average molecular weight is 255 g/mol. The minimum atomic E-state index is -3.77. The quantitative estimate of drug-likeness (QED) is 0.769. The third-order valence-corrected chi connectivity index (χ3v) is 4.24. The molecule has 0 bridgehead atoms. The van der Waals surface area contributed by atoms with E-state index in [0.29, 0.717) is 11.5 Å². The van der Waals surface area contributed by atoms with Crippen molar-refractivity contribution in [3.63, 3.8) is 0 Å². The third-order valence-electron chi connectivity index (χ3n) is 2.47. The molecule has 0 spiro atoms. The van der Waals surface area contributed by atoms with Crippen molar-refractivity contribution in [1.82, 2.24) is 0 Å². The summed E-state index contributed by atoms with van der Waals surface area (Å²) < 4.78 is 29.1. The van der Waals surface area contributed by atoms with E-state index in [4.69, 9.17) is 9.02 Å². The van der Waals surface area contributed by atoms with Gasteiger partial charge in [-0.25, -0.2) is 0 Å². The molecule has 2 atom stereocenters. The summed E-state index contributed by atoms with van der Waals surface area (Å²) in [6.45, 7) is 3.26. The predicted molar refractivity (Wildman–Crippen MR) is 63.4 cm³/mol. The fourth-order valence-corrected chi connectivity index (χ4v) is 3.18. The van der Waals surface area contributed by atoms with Gasteiger partial charge in [-0.2, -0.15) is 8.42 Å². The van der Waals surface area contributed by atoms with E-state index in [-0.39, 0.29) is 0 Å². The van der Waals surface area contributed by atoms with Crippen LogP contribution in [0.25, 0.3) is 0 Å². The lowest BCUT2D eigenvalue weighted by molar-refractivity contribution is 0.0998. The Hall–Kier alpha value is -1.56. The van der Waals surface area contributed by atoms with Crippen molar-refractivity contribution in [3.05, 3.63) is 30.3 Å². The summed E-state index contributed by atoms with van der Waals surface area (Å²) in [6, 6.07) is 8.38. The van der Waals surface area contributed by atoms with Gasteiger partial charge in [-0.15, -0.1) is 0 Å². The molecule has 0 aromatic heterocycles. The molecule has 2 rings (SSSR count). The number of benzene rings is 1. The molecule has 0 saturated carbocycles. The number of hydrogen-bond donors (Lipinski definition) is 0. The molecule has 5 nitrogen and oxygen atoms in total. The van der Waals surface area contributed by atoms with Gasteiger partial charge in [0.15, 0.2) is 5.25 Å². The van der Waals surface area contributed by atoms with Gasteiger partial charge in [0.05, 0.1) is 5.71 Å². The van der Waals surface area contributed by atoms with Crippen molar-refractivity contribution in [2.45, 2.75) is 25.2 Å². The van der Waals surface area contributed by atoms with E-state index < -0.39 is 21.5 Å². The fraction of sp³-hybridized carbons (Fsp3) is 0.364. The smallest absolute Gasteiger partial charge is 0.321 e. The molecule has 0 radical (unpaired) electrons. The fourth-order valence-electron chi connectivity index (χ4n) is 1.72. The maximum absolute atomic E-state index is 12.0. The van der Waals surface area contributed by atoms with Crippen molar-refractivity contribution in [2.24, 2.45) is 5.16 Å². The molecule has 6 heteroatoms. The molecule has 1 heterocycles. The predicted octanol–water partition coefficient (Wildman–Crippen LogP) is 1.56. The molecule has 17 heavy (non-hydrogen) atoms. The van der Waals surface area contributed by atoms with E-state index >= 15 is 0 Å². The minimum absolute atomic E-state index is 0.291. The van der Waals surface area contributed by atoms with Crippen LogP contribution in [0.5, 0.6) is 5.75 Å². The molecule has 0 N–H and O–H groups in total. The lowest BCUT2D eigenvalue weighted by Gasteiger charge is -2.15. The van der Waals surface area contributed by atoms with Crippen LogP contribution >= 0.6 is 0 Å². The van der Waals surface area contributed by atoms with Gasteiger partial charge >= 0.3 is 10.1 Å². The Morgan fingerprint density at radius 1 is 1.29 bits per heavy atom. The second-order valence-electron chi connectivity index (χ2n) is 3.85. The van der Waals surface area contributed by atoms with Crippen LogP contribution in [-0.4, -0.2) is 25.5 Å². The summed E-state index contributed by atoms with van der Waals surface area (Å²) in [5, 5.41) is 2.82. The van der Waals surface area contributed by atoms with Crippen LogP contribution in [0, 0.1) is 0 Å². The van der Waals surface area contributed by atoms with Gasteiger partial charge in [0.1, 0.15) is 11.9 Å². The highest BCUT2D eigenvalue weighted by Crippen LogP contribution is 2.22. The first kappa shape index (κ1) is 11.9. The number of nitrogens with zero attached hydrogens (tertiary/aromatic N) is 1. The summed E-state index contributed by atoms with van der Waals surface area (Å²) >= 11 is 0. The summed E-state index contributed by atoms with van der Waals surface area (Å²) in [7, 11) is -3.77. The van der Waals surface area contributed by atoms with Crippen LogP contribution in [-0.2, 0) is 15.0 Å². The van der Waals surface area contributed by atoms with E-state index in [1.807, 2.05) is 0 Å². The summed E-state index contributed by atoms with van der Waals surface area (Å²) in [6.07, 6.45) is -0.524. The second-order valence-corrected chi connectivity index (χ2v) is 5.51. The first-order valence-electron chi connectivity index (χ1n) is 5.19.